The maximum atomic E-state index is 5.92. The highest BCUT2D eigenvalue weighted by atomic mass is 35.5. The van der Waals surface area contributed by atoms with Crippen LogP contribution in [-0.4, -0.2) is 29.2 Å². The average molecular weight is 418 g/mol. The lowest BCUT2D eigenvalue weighted by molar-refractivity contribution is 0.305. The molecule has 4 rings (SSSR count). The first kappa shape index (κ1) is 20.4. The van der Waals surface area contributed by atoms with E-state index in [-0.39, 0.29) is 0 Å². The van der Waals surface area contributed by atoms with Gasteiger partial charge >= 0.3 is 0 Å². The lowest BCUT2D eigenvalue weighted by Gasteiger charge is -2.12. The minimum Gasteiger partial charge on any atom is -0.492 e. The van der Waals surface area contributed by atoms with Crippen molar-refractivity contribution in [3.63, 3.8) is 0 Å². The van der Waals surface area contributed by atoms with Crippen LogP contribution in [0.5, 0.6) is 5.75 Å². The predicted octanol–water partition coefficient (Wildman–Crippen LogP) is 5.11. The highest BCUT2D eigenvalue weighted by Crippen LogP contribution is 2.19. The molecule has 0 spiro atoms. The third kappa shape index (κ3) is 5.82. The SMILES string of the molecule is Clc1ccc(-c2cnc(C#Cc3ccc(OCCNC4CCCC4)cc3)cn2)cc1. The number of ether oxygens (including phenoxy) is 1. The number of rotatable bonds is 6. The summed E-state index contributed by atoms with van der Waals surface area (Å²) in [5.74, 6) is 7.04. The summed E-state index contributed by atoms with van der Waals surface area (Å²) in [5, 5.41) is 4.25. The molecule has 0 unspecified atom stereocenters. The van der Waals surface area contributed by atoms with Crippen LogP contribution in [0.2, 0.25) is 5.02 Å². The van der Waals surface area contributed by atoms with Crippen molar-refractivity contribution in [3.8, 4) is 28.8 Å². The summed E-state index contributed by atoms with van der Waals surface area (Å²) < 4.78 is 5.80. The molecular weight excluding hydrogens is 394 g/mol. The van der Waals surface area contributed by atoms with Gasteiger partial charge in [0.25, 0.3) is 0 Å². The van der Waals surface area contributed by atoms with Gasteiger partial charge in [-0.05, 0) is 55.2 Å². The van der Waals surface area contributed by atoms with Gasteiger partial charge < -0.3 is 10.1 Å². The van der Waals surface area contributed by atoms with E-state index in [2.05, 4.69) is 27.1 Å². The van der Waals surface area contributed by atoms with Crippen molar-refractivity contribution in [2.24, 2.45) is 0 Å². The third-order valence-electron chi connectivity index (χ3n) is 5.14. The molecule has 1 aliphatic rings. The third-order valence-corrected chi connectivity index (χ3v) is 5.39. The van der Waals surface area contributed by atoms with Crippen molar-refractivity contribution in [2.45, 2.75) is 31.7 Å². The Hall–Kier alpha value is -2.87. The maximum Gasteiger partial charge on any atom is 0.131 e. The fourth-order valence-electron chi connectivity index (χ4n) is 3.49. The first-order chi connectivity index (χ1) is 14.8. The summed E-state index contributed by atoms with van der Waals surface area (Å²) in [7, 11) is 0. The molecule has 4 nitrogen and oxygen atoms in total. The maximum absolute atomic E-state index is 5.92. The summed E-state index contributed by atoms with van der Waals surface area (Å²) in [6.45, 7) is 1.56. The molecule has 1 aromatic heterocycles. The lowest BCUT2D eigenvalue weighted by atomic mass is 10.1. The van der Waals surface area contributed by atoms with E-state index in [0.717, 1.165) is 29.1 Å². The van der Waals surface area contributed by atoms with Crippen LogP contribution in [-0.2, 0) is 0 Å². The number of hydrogen-bond acceptors (Lipinski definition) is 4. The second kappa shape index (κ2) is 10.2. The quantitative estimate of drug-likeness (QED) is 0.447. The van der Waals surface area contributed by atoms with E-state index < -0.39 is 0 Å². The second-order valence-corrected chi connectivity index (χ2v) is 7.79. The Balaban J connectivity index is 1.28. The van der Waals surface area contributed by atoms with Crippen molar-refractivity contribution in [1.29, 1.82) is 0 Å². The second-order valence-electron chi connectivity index (χ2n) is 7.35. The van der Waals surface area contributed by atoms with Crippen molar-refractivity contribution >= 4 is 11.6 Å². The van der Waals surface area contributed by atoms with Crippen molar-refractivity contribution in [2.75, 3.05) is 13.2 Å². The van der Waals surface area contributed by atoms with Crippen LogP contribution in [0.3, 0.4) is 0 Å². The van der Waals surface area contributed by atoms with Crippen LogP contribution in [0.4, 0.5) is 0 Å². The normalized spacial score (nSPS) is 13.6. The zero-order valence-electron chi connectivity index (χ0n) is 16.8. The van der Waals surface area contributed by atoms with Crippen LogP contribution in [0.25, 0.3) is 11.3 Å². The largest absolute Gasteiger partial charge is 0.492 e. The molecule has 152 valence electrons. The van der Waals surface area contributed by atoms with Crippen LogP contribution in [0.1, 0.15) is 36.9 Å². The van der Waals surface area contributed by atoms with Gasteiger partial charge in [0.2, 0.25) is 0 Å². The Bertz CT molecular complexity index is 1000. The minimum absolute atomic E-state index is 0.631. The Morgan fingerprint density at radius 3 is 2.40 bits per heavy atom. The van der Waals surface area contributed by atoms with Crippen LogP contribution >= 0.6 is 11.6 Å². The number of aromatic nitrogens is 2. The number of hydrogen-bond donors (Lipinski definition) is 1. The molecule has 1 aliphatic carbocycles. The molecular formula is C25H24ClN3O. The first-order valence-electron chi connectivity index (χ1n) is 10.3. The molecule has 0 amide bonds. The van der Waals surface area contributed by atoms with E-state index in [1.165, 1.54) is 25.7 Å². The van der Waals surface area contributed by atoms with Crippen LogP contribution < -0.4 is 10.1 Å². The van der Waals surface area contributed by atoms with E-state index in [9.17, 15) is 0 Å². The Kier molecular flexibility index (Phi) is 6.97. The van der Waals surface area contributed by atoms with E-state index in [1.807, 2.05) is 48.5 Å². The molecule has 1 heterocycles. The summed E-state index contributed by atoms with van der Waals surface area (Å²) in [5.41, 5.74) is 3.31. The summed E-state index contributed by atoms with van der Waals surface area (Å²) in [6, 6.07) is 16.0. The fourth-order valence-corrected chi connectivity index (χ4v) is 3.62. The average Bonchev–Trinajstić information content (AvgIpc) is 3.31. The van der Waals surface area contributed by atoms with Gasteiger partial charge in [-0.1, -0.05) is 42.5 Å². The molecule has 0 atom stereocenters. The monoisotopic (exact) mass is 417 g/mol. The number of nitrogens with one attached hydrogen (secondary N) is 1. The highest BCUT2D eigenvalue weighted by molar-refractivity contribution is 6.30. The van der Waals surface area contributed by atoms with Gasteiger partial charge in [0, 0.05) is 28.7 Å². The molecule has 3 aromatic rings. The zero-order valence-corrected chi connectivity index (χ0v) is 17.5. The van der Waals surface area contributed by atoms with E-state index in [4.69, 9.17) is 16.3 Å². The van der Waals surface area contributed by atoms with Crippen LogP contribution in [0.15, 0.2) is 60.9 Å². The van der Waals surface area contributed by atoms with E-state index >= 15 is 0 Å². The standard InChI is InChI=1S/C25H24ClN3O/c26-21-10-8-20(9-11-21)25-18-28-23(17-29-25)12-5-19-6-13-24(14-7-19)30-16-15-27-22-3-1-2-4-22/h6-11,13-14,17-18,22,27H,1-4,15-16H2. The summed E-state index contributed by atoms with van der Waals surface area (Å²) >= 11 is 5.92. The number of benzene rings is 2. The van der Waals surface area contributed by atoms with Gasteiger partial charge in [-0.2, -0.15) is 0 Å². The highest BCUT2D eigenvalue weighted by Gasteiger charge is 2.13. The molecule has 0 bridgehead atoms. The van der Waals surface area contributed by atoms with Crippen molar-refractivity contribution < 1.29 is 4.74 Å². The van der Waals surface area contributed by atoms with Gasteiger partial charge in [-0.3, -0.25) is 4.98 Å². The van der Waals surface area contributed by atoms with E-state index in [1.54, 1.807) is 12.4 Å². The summed E-state index contributed by atoms with van der Waals surface area (Å²) in [6.07, 6.45) is 8.69. The Morgan fingerprint density at radius 1 is 0.933 bits per heavy atom. The smallest absolute Gasteiger partial charge is 0.131 e. The van der Waals surface area contributed by atoms with E-state index in [0.29, 0.717) is 23.4 Å². The first-order valence-corrected chi connectivity index (χ1v) is 10.7. The van der Waals surface area contributed by atoms with Crippen LogP contribution in [0, 0.1) is 11.8 Å². The number of halogens is 1. The predicted molar refractivity (Wildman–Crippen MR) is 121 cm³/mol. The Labute approximate surface area is 182 Å². The van der Waals surface area contributed by atoms with Gasteiger partial charge in [0.1, 0.15) is 18.1 Å². The van der Waals surface area contributed by atoms with Crippen molar-refractivity contribution in [1.82, 2.24) is 15.3 Å². The molecule has 0 radical (unpaired) electrons. The molecule has 0 aliphatic heterocycles. The molecule has 5 heteroatoms. The minimum atomic E-state index is 0.631. The zero-order chi connectivity index (χ0) is 20.6. The molecule has 1 saturated carbocycles. The van der Waals surface area contributed by atoms with Gasteiger partial charge in [0.15, 0.2) is 0 Å². The number of nitrogens with zero attached hydrogens (tertiary/aromatic N) is 2. The molecule has 30 heavy (non-hydrogen) atoms. The fraction of sp³-hybridized carbons (Fsp3) is 0.280. The Morgan fingerprint density at radius 2 is 1.70 bits per heavy atom. The molecule has 1 fully saturated rings. The summed E-state index contributed by atoms with van der Waals surface area (Å²) in [4.78, 5) is 8.83. The van der Waals surface area contributed by atoms with Gasteiger partial charge in [0.05, 0.1) is 18.1 Å². The molecule has 2 aromatic carbocycles. The molecule has 1 N–H and O–H groups in total. The van der Waals surface area contributed by atoms with Gasteiger partial charge in [-0.25, -0.2) is 4.98 Å². The lowest BCUT2D eigenvalue weighted by Crippen LogP contribution is -2.30. The van der Waals surface area contributed by atoms with Gasteiger partial charge in [-0.15, -0.1) is 0 Å². The molecule has 0 saturated heterocycles. The topological polar surface area (TPSA) is 47.0 Å². The van der Waals surface area contributed by atoms with Crippen molar-refractivity contribution in [3.05, 3.63) is 77.2 Å².